The molecule has 4 rings (SSSR count). The van der Waals surface area contributed by atoms with Gasteiger partial charge in [0.25, 0.3) is 0 Å². The van der Waals surface area contributed by atoms with Gasteiger partial charge in [-0.3, -0.25) is 0 Å². The molecule has 32 heavy (non-hydrogen) atoms. The van der Waals surface area contributed by atoms with Crippen molar-refractivity contribution in [3.05, 3.63) is 96.6 Å². The third-order valence-corrected chi connectivity index (χ3v) is 6.84. The molecular weight excluding hydrogens is 419 g/mol. The van der Waals surface area contributed by atoms with Gasteiger partial charge in [0, 0.05) is 19.0 Å². The first-order valence-corrected chi connectivity index (χ1v) is 12.7. The maximum atomic E-state index is 14.1. The molecule has 5 nitrogen and oxygen atoms in total. The molecule has 0 aromatic heterocycles. The topological polar surface area (TPSA) is 51.1 Å². The number of likely N-dealkylation sites (tertiary alicyclic amines) is 1. The van der Waals surface area contributed by atoms with Crippen LogP contribution in [-0.2, 0) is 4.57 Å². The lowest BCUT2D eigenvalue weighted by Gasteiger charge is -2.28. The molecule has 1 fully saturated rings. The largest absolute Gasteiger partial charge is 0.565 e. The first-order valence-electron chi connectivity index (χ1n) is 11.2. The van der Waals surface area contributed by atoms with Crippen LogP contribution in [0.15, 0.2) is 95.8 Å². The van der Waals surface area contributed by atoms with Crippen molar-refractivity contribution in [1.82, 2.24) is 4.90 Å². The maximum Gasteiger partial charge on any atom is 0.565 e. The van der Waals surface area contributed by atoms with E-state index in [0.717, 1.165) is 43.8 Å². The molecule has 1 aliphatic rings. The molecule has 1 saturated heterocycles. The summed E-state index contributed by atoms with van der Waals surface area (Å²) in [5.74, 6) is 1.70. The van der Waals surface area contributed by atoms with Crippen LogP contribution in [-0.4, -0.2) is 23.8 Å². The molecule has 0 amide bonds. The van der Waals surface area contributed by atoms with Crippen LogP contribution in [0.1, 0.15) is 37.7 Å². The highest BCUT2D eigenvalue weighted by Gasteiger charge is 2.34. The molecule has 1 atom stereocenters. The van der Waals surface area contributed by atoms with Crippen LogP contribution in [0, 0.1) is 0 Å². The Morgan fingerprint density at radius 1 is 0.844 bits per heavy atom. The maximum absolute atomic E-state index is 14.1. The Kier molecular flexibility index (Phi) is 7.28. The average molecular weight is 449 g/mol. The zero-order chi connectivity index (χ0) is 22.2. The van der Waals surface area contributed by atoms with E-state index in [1.165, 1.54) is 0 Å². The van der Waals surface area contributed by atoms with Crippen molar-refractivity contribution in [2.75, 3.05) is 13.1 Å². The molecule has 3 aromatic carbocycles. The smallest absolute Gasteiger partial charge is 0.399 e. The molecule has 0 N–H and O–H groups in total. The second-order valence-electron chi connectivity index (χ2n) is 7.80. The number of benzene rings is 3. The molecular formula is C26H29N2O3P. The first-order chi connectivity index (χ1) is 15.7. The van der Waals surface area contributed by atoms with Gasteiger partial charge in [-0.05, 0) is 49.1 Å². The van der Waals surface area contributed by atoms with Crippen molar-refractivity contribution in [2.24, 2.45) is 4.76 Å². The summed E-state index contributed by atoms with van der Waals surface area (Å²) in [6.07, 6.45) is 3.01. The lowest BCUT2D eigenvalue weighted by atomic mass is 9.94. The number of rotatable bonds is 8. The van der Waals surface area contributed by atoms with Crippen LogP contribution >= 0.6 is 7.75 Å². The van der Waals surface area contributed by atoms with Crippen LogP contribution in [0.2, 0.25) is 0 Å². The Balaban J connectivity index is 1.77. The van der Waals surface area contributed by atoms with Crippen LogP contribution < -0.4 is 9.05 Å². The number of hydrogen-bond acceptors (Lipinski definition) is 3. The molecule has 6 heteroatoms. The summed E-state index contributed by atoms with van der Waals surface area (Å²) in [5.41, 5.74) is 1.15. The number of para-hydroxylation sites is 2. The molecule has 0 saturated carbocycles. The summed E-state index contributed by atoms with van der Waals surface area (Å²) in [5, 5.41) is 0. The second-order valence-corrected chi connectivity index (χ2v) is 9.30. The summed E-state index contributed by atoms with van der Waals surface area (Å²) >= 11 is 0. The fourth-order valence-corrected chi connectivity index (χ4v) is 5.38. The van der Waals surface area contributed by atoms with E-state index in [4.69, 9.17) is 13.8 Å². The molecule has 0 bridgehead atoms. The highest BCUT2D eigenvalue weighted by molar-refractivity contribution is 7.53. The quantitative estimate of drug-likeness (QED) is 0.213. The van der Waals surface area contributed by atoms with Gasteiger partial charge in [-0.1, -0.05) is 73.7 Å². The van der Waals surface area contributed by atoms with Crippen molar-refractivity contribution < 1.29 is 13.6 Å². The van der Waals surface area contributed by atoms with Gasteiger partial charge in [-0.15, -0.1) is 4.76 Å². The number of hydrogen-bond donors (Lipinski definition) is 0. The van der Waals surface area contributed by atoms with E-state index < -0.39 is 7.75 Å². The fourth-order valence-electron chi connectivity index (χ4n) is 3.97. The van der Waals surface area contributed by atoms with Gasteiger partial charge in [-0.25, -0.2) is 4.57 Å². The van der Waals surface area contributed by atoms with Crippen molar-refractivity contribution in [3.8, 4) is 11.5 Å². The minimum absolute atomic E-state index is 0.00127. The van der Waals surface area contributed by atoms with E-state index in [2.05, 4.69) is 24.0 Å². The van der Waals surface area contributed by atoms with Gasteiger partial charge in [-0.2, -0.15) is 0 Å². The van der Waals surface area contributed by atoms with Gasteiger partial charge < -0.3 is 13.9 Å². The second kappa shape index (κ2) is 10.5. The van der Waals surface area contributed by atoms with Crippen molar-refractivity contribution in [1.29, 1.82) is 0 Å². The molecule has 0 spiro atoms. The monoisotopic (exact) mass is 448 g/mol. The summed E-state index contributed by atoms with van der Waals surface area (Å²) in [4.78, 5) is 2.23. The number of nitrogens with zero attached hydrogens (tertiary/aromatic N) is 2. The predicted octanol–water partition coefficient (Wildman–Crippen LogP) is 6.94. The third-order valence-electron chi connectivity index (χ3n) is 5.50. The van der Waals surface area contributed by atoms with Crippen LogP contribution in [0.25, 0.3) is 0 Å². The van der Waals surface area contributed by atoms with Crippen molar-refractivity contribution in [3.63, 3.8) is 0 Å². The molecule has 166 valence electrons. The Labute approximate surface area is 190 Å². The van der Waals surface area contributed by atoms with Gasteiger partial charge in [0.1, 0.15) is 17.3 Å². The summed E-state index contributed by atoms with van der Waals surface area (Å²) in [6.45, 7) is 3.90. The van der Waals surface area contributed by atoms with Crippen molar-refractivity contribution in [2.45, 2.75) is 32.1 Å². The zero-order valence-corrected chi connectivity index (χ0v) is 19.2. The minimum Gasteiger partial charge on any atom is -0.399 e. The molecule has 1 unspecified atom stereocenters. The van der Waals surface area contributed by atoms with E-state index in [-0.39, 0.29) is 5.92 Å². The van der Waals surface area contributed by atoms with E-state index in [0.29, 0.717) is 11.5 Å². The summed E-state index contributed by atoms with van der Waals surface area (Å²) in [7, 11) is -3.91. The predicted molar refractivity (Wildman–Crippen MR) is 129 cm³/mol. The Morgan fingerprint density at radius 2 is 1.31 bits per heavy atom. The fraction of sp³-hybridized carbons (Fsp3) is 0.269. The third kappa shape index (κ3) is 5.60. The lowest BCUT2D eigenvalue weighted by Crippen LogP contribution is -2.33. The van der Waals surface area contributed by atoms with E-state index in [9.17, 15) is 4.57 Å². The Hall–Kier alpha value is -3.04. The highest BCUT2D eigenvalue weighted by Crippen LogP contribution is 2.51. The summed E-state index contributed by atoms with van der Waals surface area (Å²) < 4.78 is 30.8. The van der Waals surface area contributed by atoms with Gasteiger partial charge >= 0.3 is 7.75 Å². The van der Waals surface area contributed by atoms with Crippen LogP contribution in [0.4, 0.5) is 0 Å². The molecule has 0 radical (unpaired) electrons. The zero-order valence-electron chi connectivity index (χ0n) is 18.3. The minimum atomic E-state index is -3.91. The molecule has 3 aromatic rings. The molecule has 0 aliphatic carbocycles. The van der Waals surface area contributed by atoms with E-state index in [1.54, 1.807) is 24.3 Å². The normalized spacial score (nSPS) is 15.4. The SMILES string of the molecule is CCC(/C(=N\P(=O)(Oc1ccccc1)Oc1ccccc1)N1CCCC1)c1ccccc1. The van der Waals surface area contributed by atoms with E-state index in [1.807, 2.05) is 54.6 Å². The average Bonchev–Trinajstić information content (AvgIpc) is 3.36. The first kappa shape index (κ1) is 22.2. The van der Waals surface area contributed by atoms with Crippen LogP contribution in [0.3, 0.4) is 0 Å². The lowest BCUT2D eigenvalue weighted by molar-refractivity contribution is 0.385. The van der Waals surface area contributed by atoms with Crippen LogP contribution in [0.5, 0.6) is 11.5 Å². The summed E-state index contributed by atoms with van der Waals surface area (Å²) in [6, 6.07) is 28.4. The standard InChI is InChI=1S/C26H29N2O3P/c1-2-25(22-14-6-3-7-15-22)26(28-20-12-13-21-28)27-32(29,30-23-16-8-4-9-17-23)31-24-18-10-5-11-19-24/h3-11,14-19,25H,2,12-13,20-21H2,1H3/b27-26+. The van der Waals surface area contributed by atoms with E-state index >= 15 is 0 Å². The molecule has 1 aliphatic heterocycles. The number of amidine groups is 1. The van der Waals surface area contributed by atoms with Crippen molar-refractivity contribution >= 4 is 13.6 Å². The van der Waals surface area contributed by atoms with Gasteiger partial charge in [0.05, 0.1) is 0 Å². The Bertz CT molecular complexity index is 1010. The highest BCUT2D eigenvalue weighted by atomic mass is 31.2. The van der Waals surface area contributed by atoms with Gasteiger partial charge in [0.15, 0.2) is 0 Å². The Morgan fingerprint density at radius 3 is 1.78 bits per heavy atom. The molecule has 1 heterocycles. The van der Waals surface area contributed by atoms with Gasteiger partial charge in [0.2, 0.25) is 0 Å².